The van der Waals surface area contributed by atoms with Crippen LogP contribution in [0, 0.1) is 0 Å². The highest BCUT2D eigenvalue weighted by atomic mass is 35.5. The quantitative estimate of drug-likeness (QED) is 0.729. The van der Waals surface area contributed by atoms with Gasteiger partial charge in [0, 0.05) is 37.6 Å². The summed E-state index contributed by atoms with van der Waals surface area (Å²) in [6.07, 6.45) is 0. The summed E-state index contributed by atoms with van der Waals surface area (Å²) in [5.74, 6) is 0.0303. The van der Waals surface area contributed by atoms with E-state index in [4.69, 9.17) is 11.6 Å². The number of hydrazine groups is 1. The summed E-state index contributed by atoms with van der Waals surface area (Å²) in [5, 5.41) is 2.46. The molecule has 1 aliphatic heterocycles. The summed E-state index contributed by atoms with van der Waals surface area (Å²) in [4.78, 5) is 0. The fourth-order valence-electron chi connectivity index (χ4n) is 3.83. The first-order valence-electron chi connectivity index (χ1n) is 9.21. The van der Waals surface area contributed by atoms with E-state index in [2.05, 4.69) is 12.1 Å². The molecular formula is C20H26ClN3O2S. The lowest BCUT2D eigenvalue weighted by Gasteiger charge is -2.34. The van der Waals surface area contributed by atoms with Crippen molar-refractivity contribution in [2.24, 2.45) is 0 Å². The smallest absolute Gasteiger partial charge is 0.229 e. The molecule has 0 spiro atoms. The minimum atomic E-state index is -3.64. The fraction of sp³-hybridized carbons (Fsp3) is 0.400. The van der Waals surface area contributed by atoms with Gasteiger partial charge in [0.1, 0.15) is 0 Å². The van der Waals surface area contributed by atoms with Crippen molar-refractivity contribution in [3.63, 3.8) is 0 Å². The Balaban J connectivity index is 2.12. The summed E-state index contributed by atoms with van der Waals surface area (Å²) >= 11 is 6.07. The normalized spacial score (nSPS) is 21.8. The average Bonchev–Trinajstić information content (AvgIpc) is 3.02. The minimum Gasteiger partial charge on any atom is -0.229 e. The van der Waals surface area contributed by atoms with Gasteiger partial charge < -0.3 is 0 Å². The molecule has 0 N–H and O–H groups in total. The zero-order valence-corrected chi connectivity index (χ0v) is 17.5. The van der Waals surface area contributed by atoms with Gasteiger partial charge in [-0.15, -0.1) is 4.41 Å². The maximum Gasteiger partial charge on any atom is 0.295 e. The number of benzene rings is 2. The van der Waals surface area contributed by atoms with Crippen LogP contribution in [-0.2, 0) is 10.2 Å². The van der Waals surface area contributed by atoms with E-state index in [0.29, 0.717) is 24.7 Å². The second-order valence-corrected chi connectivity index (χ2v) is 8.94. The van der Waals surface area contributed by atoms with Crippen LogP contribution >= 0.6 is 11.6 Å². The second kappa shape index (κ2) is 8.29. The Morgan fingerprint density at radius 2 is 1.59 bits per heavy atom. The second-order valence-electron chi connectivity index (χ2n) is 6.72. The number of hydrogen-bond acceptors (Lipinski definition) is 3. The molecule has 2 aromatic rings. The van der Waals surface area contributed by atoms with Gasteiger partial charge >= 0.3 is 0 Å². The monoisotopic (exact) mass is 407 g/mol. The lowest BCUT2D eigenvalue weighted by atomic mass is 9.89. The molecule has 0 aliphatic carbocycles. The van der Waals surface area contributed by atoms with E-state index in [1.807, 2.05) is 68.4 Å². The summed E-state index contributed by atoms with van der Waals surface area (Å²) in [6.45, 7) is 5.23. The van der Waals surface area contributed by atoms with Crippen LogP contribution in [0.3, 0.4) is 0 Å². The van der Waals surface area contributed by atoms with Gasteiger partial charge in [-0.1, -0.05) is 67.9 Å². The maximum atomic E-state index is 13.4. The van der Waals surface area contributed by atoms with E-state index in [9.17, 15) is 8.42 Å². The van der Waals surface area contributed by atoms with Crippen molar-refractivity contribution in [3.8, 4) is 0 Å². The predicted octanol–water partition coefficient (Wildman–Crippen LogP) is 3.91. The van der Waals surface area contributed by atoms with Crippen molar-refractivity contribution in [2.75, 3.05) is 26.7 Å². The highest BCUT2D eigenvalue weighted by molar-refractivity contribution is 7.86. The number of halogens is 1. The molecular weight excluding hydrogens is 382 g/mol. The largest absolute Gasteiger partial charge is 0.295 e. The molecule has 0 bridgehead atoms. The van der Waals surface area contributed by atoms with Crippen molar-refractivity contribution >= 4 is 21.8 Å². The third kappa shape index (κ3) is 3.91. The van der Waals surface area contributed by atoms with Crippen LogP contribution in [0.25, 0.3) is 0 Å². The minimum absolute atomic E-state index is 0.0303. The molecule has 0 radical (unpaired) electrons. The summed E-state index contributed by atoms with van der Waals surface area (Å²) < 4.78 is 29.9. The van der Waals surface area contributed by atoms with Crippen molar-refractivity contribution in [3.05, 3.63) is 70.7 Å². The number of hydrogen-bond donors (Lipinski definition) is 0. The van der Waals surface area contributed by atoms with Crippen LogP contribution < -0.4 is 0 Å². The van der Waals surface area contributed by atoms with Gasteiger partial charge in [0.2, 0.25) is 0 Å². The maximum absolute atomic E-state index is 13.4. The van der Waals surface area contributed by atoms with Crippen molar-refractivity contribution in [1.82, 2.24) is 13.7 Å². The van der Waals surface area contributed by atoms with Crippen LogP contribution in [-0.4, -0.2) is 48.8 Å². The van der Waals surface area contributed by atoms with E-state index in [1.165, 1.54) is 4.31 Å². The zero-order valence-electron chi connectivity index (χ0n) is 15.9. The number of likely N-dealkylation sites (N-methyl/N-ethyl adjacent to an activating group) is 1. The fourth-order valence-corrected chi connectivity index (χ4v) is 5.82. The first kappa shape index (κ1) is 20.3. The van der Waals surface area contributed by atoms with Gasteiger partial charge in [0.15, 0.2) is 0 Å². The van der Waals surface area contributed by atoms with Crippen molar-refractivity contribution < 1.29 is 8.42 Å². The Hall–Kier alpha value is -1.44. The lowest BCUT2D eigenvalue weighted by molar-refractivity contribution is 0.114. The van der Waals surface area contributed by atoms with Crippen LogP contribution in [0.2, 0.25) is 5.02 Å². The third-order valence-corrected chi connectivity index (χ3v) is 7.52. The molecule has 5 nitrogen and oxygen atoms in total. The predicted molar refractivity (Wildman–Crippen MR) is 110 cm³/mol. The summed E-state index contributed by atoms with van der Waals surface area (Å²) in [7, 11) is -1.80. The van der Waals surface area contributed by atoms with Gasteiger partial charge in [0.05, 0.1) is 6.04 Å². The van der Waals surface area contributed by atoms with Gasteiger partial charge in [-0.3, -0.25) is 0 Å². The molecule has 1 saturated heterocycles. The lowest BCUT2D eigenvalue weighted by Crippen LogP contribution is -2.48. The molecule has 0 saturated carbocycles. The van der Waals surface area contributed by atoms with Gasteiger partial charge in [-0.05, 0) is 23.3 Å². The third-order valence-electron chi connectivity index (χ3n) is 5.12. The molecule has 7 heteroatoms. The molecule has 2 unspecified atom stereocenters. The molecule has 1 heterocycles. The number of rotatable bonds is 6. The Bertz CT molecular complexity index is 855. The Morgan fingerprint density at radius 1 is 1.00 bits per heavy atom. The SMILES string of the molecule is CCN(CC)S(=O)(=O)N1C(c2ccc(Cl)cc2)C(c2ccccc2)CN1C. The van der Waals surface area contributed by atoms with Crippen molar-refractivity contribution in [2.45, 2.75) is 25.8 Å². The van der Waals surface area contributed by atoms with E-state index in [0.717, 1.165) is 11.1 Å². The van der Waals surface area contributed by atoms with Gasteiger partial charge in [-0.25, -0.2) is 5.01 Å². The van der Waals surface area contributed by atoms with E-state index in [1.54, 1.807) is 4.41 Å². The van der Waals surface area contributed by atoms with E-state index >= 15 is 0 Å². The van der Waals surface area contributed by atoms with E-state index in [-0.39, 0.29) is 12.0 Å². The molecule has 27 heavy (non-hydrogen) atoms. The molecule has 3 rings (SSSR count). The van der Waals surface area contributed by atoms with Crippen LogP contribution in [0.1, 0.15) is 36.9 Å². The number of nitrogens with zero attached hydrogens (tertiary/aromatic N) is 3. The average molecular weight is 408 g/mol. The highest BCUT2D eigenvalue weighted by Gasteiger charge is 2.47. The molecule has 0 amide bonds. The molecule has 2 atom stereocenters. The summed E-state index contributed by atoms with van der Waals surface area (Å²) in [5.41, 5.74) is 2.06. The van der Waals surface area contributed by atoms with Gasteiger partial charge in [0.25, 0.3) is 10.2 Å². The van der Waals surface area contributed by atoms with Crippen molar-refractivity contribution in [1.29, 1.82) is 0 Å². The molecule has 0 aromatic heterocycles. The first-order valence-corrected chi connectivity index (χ1v) is 11.0. The first-order chi connectivity index (χ1) is 12.9. The standard InChI is InChI=1S/C20H26ClN3O2S/c1-4-23(5-2)27(25,26)24-20(17-11-13-18(21)14-12-17)19(15-22(24)3)16-9-7-6-8-10-16/h6-14,19-20H,4-5,15H2,1-3H3. The van der Waals surface area contributed by atoms with Crippen LogP contribution in [0.5, 0.6) is 0 Å². The Kier molecular flexibility index (Phi) is 6.23. The van der Waals surface area contributed by atoms with Gasteiger partial charge in [-0.2, -0.15) is 12.7 Å². The molecule has 2 aromatic carbocycles. The van der Waals surface area contributed by atoms with Crippen LogP contribution in [0.15, 0.2) is 54.6 Å². The van der Waals surface area contributed by atoms with E-state index < -0.39 is 10.2 Å². The zero-order chi connectivity index (χ0) is 19.6. The highest BCUT2D eigenvalue weighted by Crippen LogP contribution is 2.44. The Labute approximate surface area is 167 Å². The molecule has 1 aliphatic rings. The van der Waals surface area contributed by atoms with Crippen LogP contribution in [0.4, 0.5) is 0 Å². The topological polar surface area (TPSA) is 43.9 Å². The molecule has 146 valence electrons. The summed E-state index contributed by atoms with van der Waals surface area (Å²) in [6, 6.07) is 17.3. The molecule has 1 fully saturated rings. The Morgan fingerprint density at radius 3 is 2.15 bits per heavy atom.